The zero-order valence-electron chi connectivity index (χ0n) is 22.0. The number of hydrogen-bond donors (Lipinski definition) is 0. The fourth-order valence-corrected chi connectivity index (χ4v) is 4.92. The summed E-state index contributed by atoms with van der Waals surface area (Å²) in [5.74, 6) is 1.02. The fraction of sp³-hybridized carbons (Fsp3) is 1.00. The van der Waals surface area contributed by atoms with E-state index in [4.69, 9.17) is 0 Å². The van der Waals surface area contributed by atoms with Gasteiger partial charge in [0.05, 0.1) is 0 Å². The van der Waals surface area contributed by atoms with Gasteiger partial charge in [0.2, 0.25) is 0 Å². The predicted octanol–water partition coefficient (Wildman–Crippen LogP) is 11.8. The molecule has 0 aromatic carbocycles. The van der Waals surface area contributed by atoms with E-state index in [1.165, 1.54) is 167 Å². The summed E-state index contributed by atoms with van der Waals surface area (Å²) in [6, 6.07) is 0. The van der Waals surface area contributed by atoms with Crippen LogP contribution in [0.5, 0.6) is 0 Å². The maximum Gasteiger partial charge on any atom is -0.0417 e. The molecule has 182 valence electrons. The van der Waals surface area contributed by atoms with Crippen molar-refractivity contribution in [2.24, 2.45) is 5.92 Å². The van der Waals surface area contributed by atoms with E-state index in [9.17, 15) is 0 Å². The summed E-state index contributed by atoms with van der Waals surface area (Å²) in [5.41, 5.74) is 0. The second-order valence-corrected chi connectivity index (χ2v) is 10.3. The Morgan fingerprint density at radius 2 is 0.533 bits per heavy atom. The van der Waals surface area contributed by atoms with Crippen LogP contribution in [0, 0.1) is 5.92 Å². The van der Waals surface area contributed by atoms with E-state index in [0.29, 0.717) is 0 Å². The van der Waals surface area contributed by atoms with Gasteiger partial charge in [0.15, 0.2) is 0 Å². The van der Waals surface area contributed by atoms with Gasteiger partial charge in [-0.05, 0) is 5.92 Å². The normalized spacial score (nSPS) is 12.5. The molecular formula is C30H62. The summed E-state index contributed by atoms with van der Waals surface area (Å²) in [7, 11) is 0. The van der Waals surface area contributed by atoms with E-state index in [-0.39, 0.29) is 0 Å². The van der Waals surface area contributed by atoms with E-state index < -0.39 is 0 Å². The van der Waals surface area contributed by atoms with Crippen LogP contribution >= 0.6 is 0 Å². The Balaban J connectivity index is 3.22. The van der Waals surface area contributed by atoms with E-state index in [0.717, 1.165) is 5.92 Å². The molecular weight excluding hydrogens is 360 g/mol. The largest absolute Gasteiger partial charge is 0.0654 e. The Hall–Kier alpha value is 0. The van der Waals surface area contributed by atoms with Crippen LogP contribution in [0.3, 0.4) is 0 Å². The van der Waals surface area contributed by atoms with Gasteiger partial charge in [0.1, 0.15) is 0 Å². The van der Waals surface area contributed by atoms with E-state index >= 15 is 0 Å². The highest BCUT2D eigenvalue weighted by Crippen LogP contribution is 2.22. The molecule has 0 amide bonds. The highest BCUT2D eigenvalue weighted by molar-refractivity contribution is 4.59. The molecule has 0 fully saturated rings. The first-order chi connectivity index (χ1) is 14.8. The first-order valence-corrected chi connectivity index (χ1v) is 14.8. The summed E-state index contributed by atoms with van der Waals surface area (Å²) in [5, 5.41) is 0. The minimum atomic E-state index is 1.02. The Morgan fingerprint density at radius 1 is 0.300 bits per heavy atom. The molecule has 0 radical (unpaired) electrons. The monoisotopic (exact) mass is 422 g/mol. The van der Waals surface area contributed by atoms with Crippen molar-refractivity contribution in [1.29, 1.82) is 0 Å². The maximum atomic E-state index is 2.42. The van der Waals surface area contributed by atoms with Crippen molar-refractivity contribution in [2.75, 3.05) is 0 Å². The second-order valence-electron chi connectivity index (χ2n) is 10.3. The first kappa shape index (κ1) is 30.0. The Morgan fingerprint density at radius 3 is 0.767 bits per heavy atom. The minimum absolute atomic E-state index is 1.02. The molecule has 0 rings (SSSR count). The van der Waals surface area contributed by atoms with Crippen molar-refractivity contribution in [1.82, 2.24) is 0 Å². The molecule has 0 aliphatic heterocycles. The molecule has 30 heavy (non-hydrogen) atoms. The molecule has 0 aromatic heterocycles. The lowest BCUT2D eigenvalue weighted by atomic mass is 9.92. The summed E-state index contributed by atoms with van der Waals surface area (Å²) in [4.78, 5) is 0. The van der Waals surface area contributed by atoms with Crippen LogP contribution < -0.4 is 0 Å². The average Bonchev–Trinajstić information content (AvgIpc) is 2.76. The lowest BCUT2D eigenvalue weighted by molar-refractivity contribution is 0.392. The number of unbranched alkanes of at least 4 members (excludes halogenated alkanes) is 21. The lowest BCUT2D eigenvalue weighted by Crippen LogP contribution is -1.99. The van der Waals surface area contributed by atoms with Gasteiger partial charge in [-0.2, -0.15) is 0 Å². The van der Waals surface area contributed by atoms with Crippen molar-refractivity contribution < 1.29 is 0 Å². The van der Waals surface area contributed by atoms with Crippen LogP contribution in [-0.2, 0) is 0 Å². The Labute approximate surface area is 193 Å². The maximum absolute atomic E-state index is 2.42. The Bertz CT molecular complexity index is 282. The van der Waals surface area contributed by atoms with Gasteiger partial charge in [0.25, 0.3) is 0 Å². The van der Waals surface area contributed by atoms with Crippen LogP contribution in [0.1, 0.15) is 188 Å². The summed E-state index contributed by atoms with van der Waals surface area (Å²) in [6.07, 6.45) is 38.3. The third-order valence-corrected chi connectivity index (χ3v) is 7.26. The van der Waals surface area contributed by atoms with Crippen LogP contribution in [0.25, 0.3) is 0 Å². The molecule has 0 nitrogen and oxygen atoms in total. The van der Waals surface area contributed by atoms with Gasteiger partial charge in [-0.25, -0.2) is 0 Å². The van der Waals surface area contributed by atoms with Gasteiger partial charge < -0.3 is 0 Å². The smallest absolute Gasteiger partial charge is 0.0417 e. The van der Waals surface area contributed by atoms with Gasteiger partial charge in [-0.1, -0.05) is 188 Å². The van der Waals surface area contributed by atoms with Crippen LogP contribution in [0.4, 0.5) is 0 Å². The zero-order valence-corrected chi connectivity index (χ0v) is 22.0. The van der Waals surface area contributed by atoms with Crippen molar-refractivity contribution in [3.8, 4) is 0 Å². The van der Waals surface area contributed by atoms with E-state index in [1.54, 1.807) is 0 Å². The van der Waals surface area contributed by atoms with Crippen molar-refractivity contribution >= 4 is 0 Å². The highest BCUT2D eigenvalue weighted by Gasteiger charge is 2.06. The van der Waals surface area contributed by atoms with E-state index in [1.807, 2.05) is 0 Å². The minimum Gasteiger partial charge on any atom is -0.0654 e. The van der Waals surface area contributed by atoms with Gasteiger partial charge in [-0.3, -0.25) is 0 Å². The standard InChI is InChI=1S/C30H62/c1-4-7-9-11-13-14-15-16-17-18-19-20-21-23-25-27-29-30(6-3)28-26-24-22-12-10-8-5-2/h30H,4-29H2,1-3H3. The number of rotatable bonds is 26. The summed E-state index contributed by atoms with van der Waals surface area (Å²) in [6.45, 7) is 7.03. The van der Waals surface area contributed by atoms with Crippen molar-refractivity contribution in [3.05, 3.63) is 0 Å². The fourth-order valence-electron chi connectivity index (χ4n) is 4.92. The molecule has 0 bridgehead atoms. The molecule has 1 atom stereocenters. The molecule has 0 spiro atoms. The molecule has 0 aromatic rings. The molecule has 0 heterocycles. The SMILES string of the molecule is CCCCCCCCCCCCCCCCCCC(CC)CCCCCCCCC. The van der Waals surface area contributed by atoms with Gasteiger partial charge in [-0.15, -0.1) is 0 Å². The molecule has 0 heteroatoms. The molecule has 0 aliphatic carbocycles. The molecule has 0 saturated heterocycles. The van der Waals surface area contributed by atoms with Crippen LogP contribution in [-0.4, -0.2) is 0 Å². The highest BCUT2D eigenvalue weighted by atomic mass is 14.1. The molecule has 0 aliphatic rings. The molecule has 0 saturated carbocycles. The summed E-state index contributed by atoms with van der Waals surface area (Å²) >= 11 is 0. The summed E-state index contributed by atoms with van der Waals surface area (Å²) < 4.78 is 0. The lowest BCUT2D eigenvalue weighted by Gasteiger charge is -2.14. The van der Waals surface area contributed by atoms with Crippen LogP contribution in [0.15, 0.2) is 0 Å². The zero-order chi connectivity index (χ0) is 22.0. The molecule has 0 N–H and O–H groups in total. The number of hydrogen-bond acceptors (Lipinski definition) is 0. The predicted molar refractivity (Wildman–Crippen MR) is 141 cm³/mol. The quantitative estimate of drug-likeness (QED) is 0.122. The molecule has 1 unspecified atom stereocenters. The van der Waals surface area contributed by atoms with Crippen LogP contribution in [0.2, 0.25) is 0 Å². The second kappa shape index (κ2) is 27.0. The van der Waals surface area contributed by atoms with Gasteiger partial charge >= 0.3 is 0 Å². The topological polar surface area (TPSA) is 0 Å². The Kier molecular flexibility index (Phi) is 27.0. The average molecular weight is 423 g/mol. The third-order valence-electron chi connectivity index (χ3n) is 7.26. The van der Waals surface area contributed by atoms with Crippen molar-refractivity contribution in [2.45, 2.75) is 188 Å². The first-order valence-electron chi connectivity index (χ1n) is 14.8. The van der Waals surface area contributed by atoms with E-state index in [2.05, 4.69) is 20.8 Å². The van der Waals surface area contributed by atoms with Crippen molar-refractivity contribution in [3.63, 3.8) is 0 Å². The van der Waals surface area contributed by atoms with Gasteiger partial charge in [0, 0.05) is 0 Å². The third kappa shape index (κ3) is 24.3.